The Morgan fingerprint density at radius 3 is 2.91 bits per heavy atom. The maximum atomic E-state index is 10.9. The summed E-state index contributed by atoms with van der Waals surface area (Å²) in [5, 5.41) is 12.6. The molecule has 1 aliphatic heterocycles. The van der Waals surface area contributed by atoms with Crippen molar-refractivity contribution in [2.45, 2.75) is 36.9 Å². The van der Waals surface area contributed by atoms with E-state index in [-0.39, 0.29) is 12.0 Å². The van der Waals surface area contributed by atoms with Crippen LogP contribution < -0.4 is 5.32 Å². The lowest BCUT2D eigenvalue weighted by molar-refractivity contribution is -0.114. The highest BCUT2D eigenvalue weighted by Gasteiger charge is 2.16. The molecule has 2 rings (SSSR count). The first-order chi connectivity index (χ1) is 10.6. The summed E-state index contributed by atoms with van der Waals surface area (Å²) >= 11 is 1.56. The van der Waals surface area contributed by atoms with Gasteiger partial charge < -0.3 is 19.9 Å². The van der Waals surface area contributed by atoms with Gasteiger partial charge in [-0.2, -0.15) is 0 Å². The molecule has 22 heavy (non-hydrogen) atoms. The summed E-state index contributed by atoms with van der Waals surface area (Å²) in [6.45, 7) is 3.19. The van der Waals surface area contributed by atoms with Gasteiger partial charge in [0.15, 0.2) is 0 Å². The number of benzene rings is 1. The molecular formula is C16H23NO4S. The molecule has 6 heteroatoms. The molecule has 2 atom stereocenters. The number of aliphatic hydroxyl groups is 1. The second-order valence-electron chi connectivity index (χ2n) is 5.34. The molecule has 0 saturated carbocycles. The van der Waals surface area contributed by atoms with E-state index in [9.17, 15) is 9.90 Å². The van der Waals surface area contributed by atoms with Crippen molar-refractivity contribution >= 4 is 23.4 Å². The van der Waals surface area contributed by atoms with Gasteiger partial charge in [0.25, 0.3) is 0 Å². The third-order valence-corrected chi connectivity index (χ3v) is 4.41. The van der Waals surface area contributed by atoms with Crippen molar-refractivity contribution in [2.24, 2.45) is 0 Å². The van der Waals surface area contributed by atoms with Crippen molar-refractivity contribution in [2.75, 3.05) is 30.9 Å². The van der Waals surface area contributed by atoms with E-state index in [0.717, 1.165) is 30.0 Å². The van der Waals surface area contributed by atoms with Crippen LogP contribution in [0.3, 0.4) is 0 Å². The summed E-state index contributed by atoms with van der Waals surface area (Å²) in [6.07, 6.45) is 1.84. The van der Waals surface area contributed by atoms with Crippen molar-refractivity contribution in [3.05, 3.63) is 24.3 Å². The summed E-state index contributed by atoms with van der Waals surface area (Å²) in [7, 11) is 0. The average molecular weight is 325 g/mol. The minimum absolute atomic E-state index is 0.0841. The summed E-state index contributed by atoms with van der Waals surface area (Å²) in [5.41, 5.74) is 0.775. The number of hydrogen-bond acceptors (Lipinski definition) is 5. The second kappa shape index (κ2) is 9.15. The lowest BCUT2D eigenvalue weighted by Gasteiger charge is -2.14. The number of hydrogen-bond donors (Lipinski definition) is 2. The standard InChI is InChI=1S/C16H23NO4S/c1-12(18)17-13-4-6-16(7-5-13)22-11-14(19)9-20-10-15-3-2-8-21-15/h4-7,14-15,19H,2-3,8-11H2,1H3,(H,17,18)/t14-,15+/m1/s1. The van der Waals surface area contributed by atoms with Gasteiger partial charge in [0, 0.05) is 29.9 Å². The maximum Gasteiger partial charge on any atom is 0.221 e. The first-order valence-electron chi connectivity index (χ1n) is 7.51. The largest absolute Gasteiger partial charge is 0.390 e. The van der Waals surface area contributed by atoms with E-state index in [1.807, 2.05) is 24.3 Å². The number of ether oxygens (including phenoxy) is 2. The zero-order valence-electron chi connectivity index (χ0n) is 12.8. The number of carbonyl (C=O) groups excluding carboxylic acids is 1. The number of anilines is 1. The molecular weight excluding hydrogens is 302 g/mol. The number of amides is 1. The smallest absolute Gasteiger partial charge is 0.221 e. The highest BCUT2D eigenvalue weighted by atomic mass is 32.2. The summed E-state index contributed by atoms with van der Waals surface area (Å²) < 4.78 is 11.0. The minimum atomic E-state index is -0.499. The van der Waals surface area contributed by atoms with Crippen LogP contribution in [0, 0.1) is 0 Å². The third-order valence-electron chi connectivity index (χ3n) is 3.26. The van der Waals surface area contributed by atoms with Gasteiger partial charge in [-0.3, -0.25) is 4.79 Å². The van der Waals surface area contributed by atoms with Crippen LogP contribution >= 0.6 is 11.8 Å². The lowest BCUT2D eigenvalue weighted by Crippen LogP contribution is -2.22. The van der Waals surface area contributed by atoms with Crippen LogP contribution in [0.25, 0.3) is 0 Å². The predicted molar refractivity (Wildman–Crippen MR) is 87.3 cm³/mol. The molecule has 5 nitrogen and oxygen atoms in total. The van der Waals surface area contributed by atoms with Crippen molar-refractivity contribution in [1.29, 1.82) is 0 Å². The van der Waals surface area contributed by atoms with Gasteiger partial charge >= 0.3 is 0 Å². The van der Waals surface area contributed by atoms with E-state index >= 15 is 0 Å². The molecule has 2 N–H and O–H groups in total. The van der Waals surface area contributed by atoms with Gasteiger partial charge in [0.1, 0.15) is 0 Å². The van der Waals surface area contributed by atoms with Crippen LogP contribution in [0.1, 0.15) is 19.8 Å². The molecule has 1 fully saturated rings. The highest BCUT2D eigenvalue weighted by molar-refractivity contribution is 7.99. The molecule has 0 spiro atoms. The van der Waals surface area contributed by atoms with E-state index in [2.05, 4.69) is 5.32 Å². The number of aliphatic hydroxyl groups excluding tert-OH is 1. The molecule has 1 amide bonds. The summed E-state index contributed by atoms with van der Waals surface area (Å²) in [4.78, 5) is 12.0. The quantitative estimate of drug-likeness (QED) is 0.718. The fraction of sp³-hybridized carbons (Fsp3) is 0.562. The van der Waals surface area contributed by atoms with E-state index in [1.54, 1.807) is 11.8 Å². The van der Waals surface area contributed by atoms with Gasteiger partial charge in [-0.05, 0) is 37.1 Å². The maximum absolute atomic E-state index is 10.9. The average Bonchev–Trinajstić information content (AvgIpc) is 2.99. The van der Waals surface area contributed by atoms with Gasteiger partial charge in [0.2, 0.25) is 5.91 Å². The van der Waals surface area contributed by atoms with Crippen LogP contribution in [0.4, 0.5) is 5.69 Å². The topological polar surface area (TPSA) is 67.8 Å². The minimum Gasteiger partial charge on any atom is -0.390 e. The van der Waals surface area contributed by atoms with Crippen LogP contribution in [0.2, 0.25) is 0 Å². The fourth-order valence-electron chi connectivity index (χ4n) is 2.19. The van der Waals surface area contributed by atoms with Crippen LogP contribution in [0.15, 0.2) is 29.2 Å². The Hall–Kier alpha value is -1.08. The molecule has 0 aliphatic carbocycles. The SMILES string of the molecule is CC(=O)Nc1ccc(SC[C@H](O)COC[C@@H]2CCCO2)cc1. The number of thioether (sulfide) groups is 1. The molecule has 1 aromatic carbocycles. The molecule has 0 bridgehead atoms. The first kappa shape index (κ1) is 17.3. The van der Waals surface area contributed by atoms with E-state index < -0.39 is 6.10 Å². The van der Waals surface area contributed by atoms with Gasteiger partial charge in [-0.1, -0.05) is 0 Å². The van der Waals surface area contributed by atoms with Crippen LogP contribution in [-0.4, -0.2) is 48.8 Å². The Morgan fingerprint density at radius 2 is 2.27 bits per heavy atom. The predicted octanol–water partition coefficient (Wildman–Crippen LogP) is 2.29. The molecule has 0 aromatic heterocycles. The fourth-order valence-corrected chi connectivity index (χ4v) is 3.00. The van der Waals surface area contributed by atoms with Crippen molar-refractivity contribution in [3.63, 3.8) is 0 Å². The Labute approximate surface area is 135 Å². The van der Waals surface area contributed by atoms with E-state index in [0.29, 0.717) is 19.0 Å². The summed E-state index contributed by atoms with van der Waals surface area (Å²) in [5.74, 6) is 0.490. The zero-order chi connectivity index (χ0) is 15.8. The van der Waals surface area contributed by atoms with Crippen molar-refractivity contribution < 1.29 is 19.4 Å². The number of nitrogens with one attached hydrogen (secondary N) is 1. The third kappa shape index (κ3) is 6.36. The van der Waals surface area contributed by atoms with Crippen molar-refractivity contribution in [3.8, 4) is 0 Å². The molecule has 1 aromatic rings. The molecule has 0 unspecified atom stereocenters. The van der Waals surface area contributed by atoms with Crippen LogP contribution in [-0.2, 0) is 14.3 Å². The molecule has 1 saturated heterocycles. The van der Waals surface area contributed by atoms with Gasteiger partial charge in [0.05, 0.1) is 25.4 Å². The molecule has 1 heterocycles. The van der Waals surface area contributed by atoms with Crippen LogP contribution in [0.5, 0.6) is 0 Å². The van der Waals surface area contributed by atoms with Gasteiger partial charge in [-0.25, -0.2) is 0 Å². The molecule has 1 aliphatic rings. The first-order valence-corrected chi connectivity index (χ1v) is 8.50. The monoisotopic (exact) mass is 325 g/mol. The van der Waals surface area contributed by atoms with E-state index in [1.165, 1.54) is 6.92 Å². The Kier molecular flexibility index (Phi) is 7.18. The second-order valence-corrected chi connectivity index (χ2v) is 6.44. The molecule has 0 radical (unpaired) electrons. The zero-order valence-corrected chi connectivity index (χ0v) is 13.6. The Bertz CT molecular complexity index is 460. The highest BCUT2D eigenvalue weighted by Crippen LogP contribution is 2.21. The Morgan fingerprint density at radius 1 is 1.50 bits per heavy atom. The number of carbonyl (C=O) groups is 1. The van der Waals surface area contributed by atoms with Crippen molar-refractivity contribution in [1.82, 2.24) is 0 Å². The Balaban J connectivity index is 1.62. The van der Waals surface area contributed by atoms with Gasteiger partial charge in [-0.15, -0.1) is 11.8 Å². The number of rotatable bonds is 8. The normalized spacial score (nSPS) is 19.1. The molecule has 122 valence electrons. The van der Waals surface area contributed by atoms with E-state index in [4.69, 9.17) is 9.47 Å². The lowest BCUT2D eigenvalue weighted by atomic mass is 10.2. The summed E-state index contributed by atoms with van der Waals surface area (Å²) in [6, 6.07) is 7.56.